The quantitative estimate of drug-likeness (QED) is 0.879. The maximum atomic E-state index is 13.1. The van der Waals surface area contributed by atoms with Crippen molar-refractivity contribution in [1.29, 1.82) is 0 Å². The van der Waals surface area contributed by atoms with Gasteiger partial charge in [-0.1, -0.05) is 12.1 Å². The molecule has 1 aromatic carbocycles. The van der Waals surface area contributed by atoms with E-state index in [1.54, 1.807) is 25.4 Å². The van der Waals surface area contributed by atoms with Gasteiger partial charge in [-0.3, -0.25) is 4.79 Å². The normalized spacial score (nSPS) is 12.2. The summed E-state index contributed by atoms with van der Waals surface area (Å²) in [6, 6.07) is 6.11. The summed E-state index contributed by atoms with van der Waals surface area (Å²) < 4.78 is 13.9. The van der Waals surface area contributed by atoms with E-state index in [0.29, 0.717) is 18.5 Å². The number of H-pyrrole nitrogens is 1. The fraction of sp³-hybridized carbons (Fsp3) is 0.286. The number of amides is 1. The van der Waals surface area contributed by atoms with E-state index in [-0.39, 0.29) is 17.6 Å². The molecule has 0 spiro atoms. The SMILES string of the molecule is CC(C(=O)NCCc1[nH]cnc1Br)c1cccc(F)c1. The second-order valence-corrected chi connectivity index (χ2v) is 5.24. The molecule has 0 aliphatic heterocycles. The molecule has 6 heteroatoms. The molecule has 0 fully saturated rings. The van der Waals surface area contributed by atoms with Gasteiger partial charge >= 0.3 is 0 Å². The van der Waals surface area contributed by atoms with Crippen LogP contribution in [0.25, 0.3) is 0 Å². The fourth-order valence-corrected chi connectivity index (χ4v) is 2.29. The maximum absolute atomic E-state index is 13.1. The summed E-state index contributed by atoms with van der Waals surface area (Å²) in [5.74, 6) is -0.828. The van der Waals surface area contributed by atoms with Crippen molar-refractivity contribution in [2.45, 2.75) is 19.3 Å². The first kappa shape index (κ1) is 14.7. The topological polar surface area (TPSA) is 57.8 Å². The van der Waals surface area contributed by atoms with Crippen LogP contribution >= 0.6 is 15.9 Å². The van der Waals surface area contributed by atoms with Crippen LogP contribution in [-0.4, -0.2) is 22.4 Å². The summed E-state index contributed by atoms with van der Waals surface area (Å²) >= 11 is 3.31. The van der Waals surface area contributed by atoms with E-state index in [2.05, 4.69) is 31.2 Å². The number of carbonyl (C=O) groups is 1. The van der Waals surface area contributed by atoms with Crippen molar-refractivity contribution in [2.75, 3.05) is 6.54 Å². The van der Waals surface area contributed by atoms with E-state index in [1.165, 1.54) is 12.1 Å². The van der Waals surface area contributed by atoms with Crippen molar-refractivity contribution in [3.05, 3.63) is 52.3 Å². The Bertz CT molecular complexity index is 600. The smallest absolute Gasteiger partial charge is 0.227 e. The Morgan fingerprint density at radius 3 is 3.00 bits per heavy atom. The summed E-state index contributed by atoms with van der Waals surface area (Å²) in [5.41, 5.74) is 1.61. The molecule has 0 aliphatic rings. The zero-order valence-electron chi connectivity index (χ0n) is 11.0. The third kappa shape index (κ3) is 3.66. The Morgan fingerprint density at radius 2 is 2.35 bits per heavy atom. The predicted molar refractivity (Wildman–Crippen MR) is 77.8 cm³/mol. The van der Waals surface area contributed by atoms with Crippen LogP contribution < -0.4 is 5.32 Å². The molecule has 4 nitrogen and oxygen atoms in total. The van der Waals surface area contributed by atoms with Crippen LogP contribution in [0.4, 0.5) is 4.39 Å². The van der Waals surface area contributed by atoms with Crippen molar-refractivity contribution >= 4 is 21.8 Å². The molecule has 2 rings (SSSR count). The van der Waals surface area contributed by atoms with Crippen molar-refractivity contribution < 1.29 is 9.18 Å². The van der Waals surface area contributed by atoms with Gasteiger partial charge in [0.1, 0.15) is 10.4 Å². The molecular formula is C14H15BrFN3O. The molecule has 0 radical (unpaired) electrons. The number of benzene rings is 1. The number of imidazole rings is 1. The number of hydrogen-bond donors (Lipinski definition) is 2. The largest absolute Gasteiger partial charge is 0.355 e. The molecule has 0 saturated heterocycles. The molecule has 0 bridgehead atoms. The fourth-order valence-electron chi connectivity index (χ4n) is 1.87. The van der Waals surface area contributed by atoms with E-state index in [4.69, 9.17) is 0 Å². The molecule has 20 heavy (non-hydrogen) atoms. The average Bonchev–Trinajstić information content (AvgIpc) is 2.83. The van der Waals surface area contributed by atoms with E-state index < -0.39 is 0 Å². The second kappa shape index (κ2) is 6.65. The first-order chi connectivity index (χ1) is 9.58. The second-order valence-electron chi connectivity index (χ2n) is 4.49. The molecule has 1 heterocycles. The molecule has 0 saturated carbocycles. The Labute approximate surface area is 124 Å². The summed E-state index contributed by atoms with van der Waals surface area (Å²) in [6.07, 6.45) is 2.25. The highest BCUT2D eigenvalue weighted by atomic mass is 79.9. The van der Waals surface area contributed by atoms with Gasteiger partial charge in [0.15, 0.2) is 0 Å². The van der Waals surface area contributed by atoms with Crippen LogP contribution in [0, 0.1) is 5.82 Å². The summed E-state index contributed by atoms with van der Waals surface area (Å²) in [6.45, 7) is 2.26. The van der Waals surface area contributed by atoms with Crippen LogP contribution in [0.2, 0.25) is 0 Å². The Morgan fingerprint density at radius 1 is 1.55 bits per heavy atom. The third-order valence-corrected chi connectivity index (χ3v) is 3.77. The van der Waals surface area contributed by atoms with Gasteiger partial charge < -0.3 is 10.3 Å². The zero-order valence-corrected chi connectivity index (χ0v) is 12.6. The highest BCUT2D eigenvalue weighted by molar-refractivity contribution is 9.10. The standard InChI is InChI=1S/C14H15BrFN3O/c1-9(10-3-2-4-11(16)7-10)14(20)17-6-5-12-13(15)19-8-18-12/h2-4,7-9H,5-6H2,1H3,(H,17,20)(H,18,19). The van der Waals surface area contributed by atoms with Crippen molar-refractivity contribution in [1.82, 2.24) is 15.3 Å². The minimum atomic E-state index is -0.379. The molecule has 2 N–H and O–H groups in total. The van der Waals surface area contributed by atoms with Crippen LogP contribution in [0.15, 0.2) is 35.2 Å². The molecule has 0 aliphatic carbocycles. The van der Waals surface area contributed by atoms with E-state index in [9.17, 15) is 9.18 Å². The number of nitrogens with one attached hydrogen (secondary N) is 2. The number of aromatic nitrogens is 2. The van der Waals surface area contributed by atoms with Crippen LogP contribution in [0.1, 0.15) is 24.1 Å². The first-order valence-electron chi connectivity index (χ1n) is 6.29. The maximum Gasteiger partial charge on any atom is 0.227 e. The number of rotatable bonds is 5. The monoisotopic (exact) mass is 339 g/mol. The summed E-state index contributed by atoms with van der Waals surface area (Å²) in [4.78, 5) is 19.0. The van der Waals surface area contributed by atoms with Gasteiger partial charge in [0, 0.05) is 13.0 Å². The van der Waals surface area contributed by atoms with Gasteiger partial charge in [-0.15, -0.1) is 0 Å². The van der Waals surface area contributed by atoms with Gasteiger partial charge in [-0.2, -0.15) is 0 Å². The average molecular weight is 340 g/mol. The van der Waals surface area contributed by atoms with E-state index >= 15 is 0 Å². The van der Waals surface area contributed by atoms with Crippen molar-refractivity contribution in [2.24, 2.45) is 0 Å². The lowest BCUT2D eigenvalue weighted by molar-refractivity contribution is -0.122. The lowest BCUT2D eigenvalue weighted by Crippen LogP contribution is -2.30. The van der Waals surface area contributed by atoms with E-state index in [1.807, 2.05) is 0 Å². The molecule has 1 aromatic heterocycles. The number of halogens is 2. The summed E-state index contributed by atoms with van der Waals surface area (Å²) in [5, 5.41) is 2.84. The van der Waals surface area contributed by atoms with Crippen LogP contribution in [0.5, 0.6) is 0 Å². The van der Waals surface area contributed by atoms with Crippen LogP contribution in [-0.2, 0) is 11.2 Å². The molecule has 1 unspecified atom stereocenters. The number of carbonyl (C=O) groups excluding carboxylic acids is 1. The highest BCUT2D eigenvalue weighted by Gasteiger charge is 2.15. The molecule has 1 atom stereocenters. The third-order valence-electron chi connectivity index (χ3n) is 3.08. The minimum Gasteiger partial charge on any atom is -0.355 e. The minimum absolute atomic E-state index is 0.119. The Kier molecular flexibility index (Phi) is 4.89. The lowest BCUT2D eigenvalue weighted by Gasteiger charge is -2.12. The van der Waals surface area contributed by atoms with Crippen LogP contribution in [0.3, 0.4) is 0 Å². The summed E-state index contributed by atoms with van der Waals surface area (Å²) in [7, 11) is 0. The number of hydrogen-bond acceptors (Lipinski definition) is 2. The number of aromatic amines is 1. The van der Waals surface area contributed by atoms with Gasteiger partial charge in [0.25, 0.3) is 0 Å². The first-order valence-corrected chi connectivity index (χ1v) is 7.08. The van der Waals surface area contributed by atoms with Gasteiger partial charge in [-0.05, 0) is 40.5 Å². The Hall–Kier alpha value is -1.69. The molecule has 1 amide bonds. The molecule has 106 valence electrons. The van der Waals surface area contributed by atoms with Crippen molar-refractivity contribution in [3.63, 3.8) is 0 Å². The zero-order chi connectivity index (χ0) is 14.5. The van der Waals surface area contributed by atoms with Gasteiger partial charge in [0.05, 0.1) is 17.9 Å². The molecule has 2 aromatic rings. The number of nitrogens with zero attached hydrogens (tertiary/aromatic N) is 1. The predicted octanol–water partition coefficient (Wildman–Crippen LogP) is 2.77. The Balaban J connectivity index is 1.87. The molecular weight excluding hydrogens is 325 g/mol. The lowest BCUT2D eigenvalue weighted by atomic mass is 10.0. The van der Waals surface area contributed by atoms with Crippen molar-refractivity contribution in [3.8, 4) is 0 Å². The van der Waals surface area contributed by atoms with Gasteiger partial charge in [0.2, 0.25) is 5.91 Å². The van der Waals surface area contributed by atoms with E-state index in [0.717, 1.165) is 10.3 Å². The van der Waals surface area contributed by atoms with Gasteiger partial charge in [-0.25, -0.2) is 9.37 Å². The highest BCUT2D eigenvalue weighted by Crippen LogP contribution is 2.16.